The van der Waals surface area contributed by atoms with Crippen LogP contribution >= 0.6 is 0 Å². The van der Waals surface area contributed by atoms with Crippen molar-refractivity contribution in [2.45, 2.75) is 20.8 Å². The standard InChI is InChI=1S/C26H23N3/c1-4-9-21-18(3)29(25-13-8-5-10-22(21)25)20-15-17(2)14-19(16-20)26-27-23-11-6-7-12-24(23)28-26/h4-16H,1-3H3,(H,27,28). The molecule has 3 nitrogen and oxygen atoms in total. The van der Waals surface area contributed by atoms with Gasteiger partial charge in [0.15, 0.2) is 0 Å². The second kappa shape index (κ2) is 6.78. The first-order valence-corrected chi connectivity index (χ1v) is 9.95. The van der Waals surface area contributed by atoms with Crippen LogP contribution in [0.3, 0.4) is 0 Å². The second-order valence-corrected chi connectivity index (χ2v) is 7.51. The predicted molar refractivity (Wildman–Crippen MR) is 123 cm³/mol. The zero-order valence-electron chi connectivity index (χ0n) is 16.9. The summed E-state index contributed by atoms with van der Waals surface area (Å²) in [5, 5.41) is 1.27. The Bertz CT molecular complexity index is 1350. The predicted octanol–water partition coefficient (Wildman–Crippen LogP) is 6.82. The van der Waals surface area contributed by atoms with Crippen molar-refractivity contribution in [3.05, 3.63) is 89.6 Å². The number of imidazole rings is 1. The highest BCUT2D eigenvalue weighted by molar-refractivity contribution is 5.93. The number of aromatic amines is 1. The van der Waals surface area contributed by atoms with Gasteiger partial charge < -0.3 is 9.55 Å². The Balaban J connectivity index is 1.75. The van der Waals surface area contributed by atoms with Crippen molar-refractivity contribution in [2.24, 2.45) is 0 Å². The highest BCUT2D eigenvalue weighted by Crippen LogP contribution is 2.32. The average Bonchev–Trinajstić information content (AvgIpc) is 3.27. The molecule has 0 aliphatic rings. The Morgan fingerprint density at radius 1 is 0.931 bits per heavy atom. The molecule has 2 heterocycles. The Morgan fingerprint density at radius 3 is 2.55 bits per heavy atom. The molecule has 5 rings (SSSR count). The number of H-pyrrole nitrogens is 1. The number of fused-ring (bicyclic) bond motifs is 2. The first-order valence-electron chi connectivity index (χ1n) is 9.95. The number of allylic oxidation sites excluding steroid dienone is 1. The molecule has 5 aromatic rings. The van der Waals surface area contributed by atoms with E-state index < -0.39 is 0 Å². The van der Waals surface area contributed by atoms with Crippen LogP contribution in [0.25, 0.3) is 45.1 Å². The Morgan fingerprint density at radius 2 is 1.72 bits per heavy atom. The first kappa shape index (κ1) is 17.5. The molecule has 0 radical (unpaired) electrons. The Kier molecular flexibility index (Phi) is 4.09. The lowest BCUT2D eigenvalue weighted by molar-refractivity contribution is 1.05. The van der Waals surface area contributed by atoms with E-state index in [1.54, 1.807) is 0 Å². The molecule has 0 unspecified atom stereocenters. The lowest BCUT2D eigenvalue weighted by atomic mass is 10.1. The van der Waals surface area contributed by atoms with Gasteiger partial charge in [0.2, 0.25) is 0 Å². The third kappa shape index (κ3) is 2.87. The number of hydrogen-bond donors (Lipinski definition) is 1. The second-order valence-electron chi connectivity index (χ2n) is 7.51. The topological polar surface area (TPSA) is 33.6 Å². The van der Waals surface area contributed by atoms with Gasteiger partial charge in [-0.1, -0.05) is 42.5 Å². The monoisotopic (exact) mass is 377 g/mol. The van der Waals surface area contributed by atoms with Gasteiger partial charge in [-0.25, -0.2) is 4.98 Å². The van der Waals surface area contributed by atoms with Gasteiger partial charge in [-0.3, -0.25) is 0 Å². The van der Waals surface area contributed by atoms with Crippen molar-refractivity contribution in [3.8, 4) is 17.1 Å². The molecule has 0 atom stereocenters. The molecule has 0 saturated carbocycles. The normalized spacial score (nSPS) is 11.8. The van der Waals surface area contributed by atoms with Gasteiger partial charge in [0.05, 0.1) is 16.6 Å². The zero-order valence-corrected chi connectivity index (χ0v) is 16.9. The average molecular weight is 377 g/mol. The van der Waals surface area contributed by atoms with E-state index in [4.69, 9.17) is 4.98 Å². The van der Waals surface area contributed by atoms with Crippen molar-refractivity contribution >= 4 is 28.0 Å². The van der Waals surface area contributed by atoms with Crippen molar-refractivity contribution in [3.63, 3.8) is 0 Å². The van der Waals surface area contributed by atoms with Crippen LogP contribution in [0.5, 0.6) is 0 Å². The van der Waals surface area contributed by atoms with Crippen LogP contribution in [0.15, 0.2) is 72.8 Å². The smallest absolute Gasteiger partial charge is 0.138 e. The molecular formula is C26H23N3. The zero-order chi connectivity index (χ0) is 20.0. The van der Waals surface area contributed by atoms with Gasteiger partial charge in [-0.05, 0) is 62.7 Å². The minimum Gasteiger partial charge on any atom is -0.338 e. The van der Waals surface area contributed by atoms with Crippen molar-refractivity contribution < 1.29 is 0 Å². The summed E-state index contributed by atoms with van der Waals surface area (Å²) in [4.78, 5) is 8.27. The van der Waals surface area contributed by atoms with E-state index in [0.717, 1.165) is 28.1 Å². The molecule has 142 valence electrons. The summed E-state index contributed by atoms with van der Waals surface area (Å²) in [6.07, 6.45) is 4.30. The maximum atomic E-state index is 4.80. The number of nitrogens with zero attached hydrogens (tertiary/aromatic N) is 2. The van der Waals surface area contributed by atoms with E-state index in [-0.39, 0.29) is 0 Å². The van der Waals surface area contributed by atoms with E-state index in [9.17, 15) is 0 Å². The fourth-order valence-corrected chi connectivity index (χ4v) is 4.22. The summed E-state index contributed by atoms with van der Waals surface area (Å²) in [7, 11) is 0. The highest BCUT2D eigenvalue weighted by atomic mass is 15.0. The van der Waals surface area contributed by atoms with Crippen LogP contribution in [0.1, 0.15) is 23.7 Å². The summed E-state index contributed by atoms with van der Waals surface area (Å²) >= 11 is 0. The summed E-state index contributed by atoms with van der Waals surface area (Å²) in [5.74, 6) is 0.902. The fourth-order valence-electron chi connectivity index (χ4n) is 4.22. The third-order valence-corrected chi connectivity index (χ3v) is 5.48. The number of benzene rings is 3. The van der Waals surface area contributed by atoms with Gasteiger partial charge in [0.25, 0.3) is 0 Å². The third-order valence-electron chi connectivity index (χ3n) is 5.48. The van der Waals surface area contributed by atoms with E-state index in [1.165, 1.54) is 27.7 Å². The summed E-state index contributed by atoms with van der Waals surface area (Å²) in [6.45, 7) is 6.40. The minimum atomic E-state index is 0.902. The minimum absolute atomic E-state index is 0.902. The molecule has 0 spiro atoms. The molecule has 0 fully saturated rings. The molecule has 3 heteroatoms. The highest BCUT2D eigenvalue weighted by Gasteiger charge is 2.15. The van der Waals surface area contributed by atoms with E-state index in [0.29, 0.717) is 0 Å². The molecular weight excluding hydrogens is 354 g/mol. The summed E-state index contributed by atoms with van der Waals surface area (Å²) in [5.41, 5.74) is 9.25. The largest absolute Gasteiger partial charge is 0.338 e. The summed E-state index contributed by atoms with van der Waals surface area (Å²) in [6, 6.07) is 23.4. The van der Waals surface area contributed by atoms with E-state index in [2.05, 4.69) is 91.0 Å². The van der Waals surface area contributed by atoms with Crippen LogP contribution in [0.2, 0.25) is 0 Å². The fraction of sp³-hybridized carbons (Fsp3) is 0.115. The van der Waals surface area contributed by atoms with Gasteiger partial charge in [-0.15, -0.1) is 0 Å². The lowest BCUT2D eigenvalue weighted by Gasteiger charge is -2.12. The van der Waals surface area contributed by atoms with Crippen molar-refractivity contribution in [2.75, 3.05) is 0 Å². The quantitative estimate of drug-likeness (QED) is 0.367. The molecule has 0 aliphatic heterocycles. The Labute approximate surface area is 170 Å². The molecule has 1 N–H and O–H groups in total. The number of para-hydroxylation sites is 3. The first-order chi connectivity index (χ1) is 14.2. The van der Waals surface area contributed by atoms with E-state index in [1.807, 2.05) is 18.2 Å². The lowest BCUT2D eigenvalue weighted by Crippen LogP contribution is -1.98. The van der Waals surface area contributed by atoms with Gasteiger partial charge in [-0.2, -0.15) is 0 Å². The maximum absolute atomic E-state index is 4.80. The Hall–Kier alpha value is -3.59. The van der Waals surface area contributed by atoms with Crippen LogP contribution < -0.4 is 0 Å². The van der Waals surface area contributed by atoms with Crippen molar-refractivity contribution in [1.29, 1.82) is 0 Å². The number of aryl methyl sites for hydroxylation is 1. The molecule has 0 bridgehead atoms. The number of nitrogens with one attached hydrogen (secondary N) is 1. The summed E-state index contributed by atoms with van der Waals surface area (Å²) < 4.78 is 2.35. The van der Waals surface area contributed by atoms with E-state index >= 15 is 0 Å². The molecule has 0 amide bonds. The van der Waals surface area contributed by atoms with Crippen LogP contribution in [0.4, 0.5) is 0 Å². The molecule has 3 aromatic carbocycles. The number of rotatable bonds is 3. The molecule has 0 saturated heterocycles. The maximum Gasteiger partial charge on any atom is 0.138 e. The van der Waals surface area contributed by atoms with Crippen LogP contribution in [0, 0.1) is 13.8 Å². The van der Waals surface area contributed by atoms with Gasteiger partial charge in [0.1, 0.15) is 5.82 Å². The SMILES string of the molecule is CC=Cc1c(C)n(-c2cc(C)cc(-c3nc4ccccc4[nH]3)c2)c2ccccc12. The van der Waals surface area contributed by atoms with Crippen LogP contribution in [-0.2, 0) is 0 Å². The van der Waals surface area contributed by atoms with Gasteiger partial charge in [0, 0.05) is 27.9 Å². The van der Waals surface area contributed by atoms with Gasteiger partial charge >= 0.3 is 0 Å². The number of hydrogen-bond acceptors (Lipinski definition) is 1. The molecule has 2 aromatic heterocycles. The van der Waals surface area contributed by atoms with Crippen molar-refractivity contribution in [1.82, 2.24) is 14.5 Å². The number of aromatic nitrogens is 3. The molecule has 29 heavy (non-hydrogen) atoms. The van der Waals surface area contributed by atoms with Crippen LogP contribution in [-0.4, -0.2) is 14.5 Å². The molecule has 0 aliphatic carbocycles.